The van der Waals surface area contributed by atoms with Crippen molar-refractivity contribution in [3.63, 3.8) is 0 Å². The van der Waals surface area contributed by atoms with Crippen LogP contribution in [-0.2, 0) is 12.8 Å². The van der Waals surface area contributed by atoms with Gasteiger partial charge in [-0.05, 0) is 24.0 Å². The number of hydrogen-bond acceptors (Lipinski definition) is 1. The Bertz CT molecular complexity index is 284. The van der Waals surface area contributed by atoms with Crippen molar-refractivity contribution in [3.05, 3.63) is 35.4 Å². The highest BCUT2D eigenvalue weighted by atomic mass is 14.3. The number of rotatable bonds is 0. The molecule has 1 nitrogen and oxygen atoms in total. The summed E-state index contributed by atoms with van der Waals surface area (Å²) in [5.41, 5.74) is 2.72. The largest absolute Gasteiger partial charge is 0.198 e. The minimum absolute atomic E-state index is 0.229. The molecule has 0 saturated carbocycles. The second-order valence-corrected chi connectivity index (χ2v) is 3.00. The first-order valence-corrected chi connectivity index (χ1v) is 3.86. The summed E-state index contributed by atoms with van der Waals surface area (Å²) >= 11 is 0. The topological polar surface area (TPSA) is 23.8 Å². The minimum atomic E-state index is 0.229. The maximum atomic E-state index is 8.69. The van der Waals surface area contributed by atoms with E-state index in [4.69, 9.17) is 5.26 Å². The maximum Gasteiger partial charge on any atom is 0.0662 e. The molecule has 0 atom stereocenters. The average molecular weight is 143 g/mol. The lowest BCUT2D eigenvalue weighted by molar-refractivity contribution is 0.720. The SMILES string of the molecule is N#CC1Cc2ccccc2C1. The van der Waals surface area contributed by atoms with Gasteiger partial charge in [0.05, 0.1) is 12.0 Å². The molecule has 11 heavy (non-hydrogen) atoms. The van der Waals surface area contributed by atoms with Crippen LogP contribution < -0.4 is 0 Å². The molecule has 1 heteroatoms. The molecule has 0 N–H and O–H groups in total. The van der Waals surface area contributed by atoms with Crippen molar-refractivity contribution in [1.29, 1.82) is 5.26 Å². The fraction of sp³-hybridized carbons (Fsp3) is 0.300. The molecule has 0 bridgehead atoms. The highest BCUT2D eigenvalue weighted by Gasteiger charge is 2.19. The number of nitriles is 1. The van der Waals surface area contributed by atoms with Crippen molar-refractivity contribution in [2.75, 3.05) is 0 Å². The van der Waals surface area contributed by atoms with Crippen molar-refractivity contribution in [2.45, 2.75) is 12.8 Å². The molecule has 0 radical (unpaired) electrons. The van der Waals surface area contributed by atoms with Crippen LogP contribution in [0.4, 0.5) is 0 Å². The summed E-state index contributed by atoms with van der Waals surface area (Å²) in [6, 6.07) is 10.6. The first-order valence-electron chi connectivity index (χ1n) is 3.86. The van der Waals surface area contributed by atoms with Crippen molar-refractivity contribution < 1.29 is 0 Å². The molecule has 0 amide bonds. The number of hydrogen-bond donors (Lipinski definition) is 0. The highest BCUT2D eigenvalue weighted by molar-refractivity contribution is 5.33. The molecule has 1 aromatic rings. The van der Waals surface area contributed by atoms with Crippen LogP contribution >= 0.6 is 0 Å². The zero-order valence-corrected chi connectivity index (χ0v) is 6.25. The molecule has 0 spiro atoms. The second-order valence-electron chi connectivity index (χ2n) is 3.00. The van der Waals surface area contributed by atoms with E-state index in [1.54, 1.807) is 0 Å². The molecule has 0 aromatic heterocycles. The van der Waals surface area contributed by atoms with Crippen molar-refractivity contribution in [2.24, 2.45) is 5.92 Å². The highest BCUT2D eigenvalue weighted by Crippen LogP contribution is 2.25. The van der Waals surface area contributed by atoms with Gasteiger partial charge in [-0.3, -0.25) is 0 Å². The summed E-state index contributed by atoms with van der Waals surface area (Å²) in [6.45, 7) is 0. The third-order valence-corrected chi connectivity index (χ3v) is 2.23. The van der Waals surface area contributed by atoms with Crippen molar-refractivity contribution in [3.8, 4) is 6.07 Å². The molecule has 1 aliphatic carbocycles. The molecule has 54 valence electrons. The summed E-state index contributed by atoms with van der Waals surface area (Å²) in [6.07, 6.45) is 1.90. The molecular weight excluding hydrogens is 134 g/mol. The number of benzene rings is 1. The van der Waals surface area contributed by atoms with Gasteiger partial charge in [0.2, 0.25) is 0 Å². The summed E-state index contributed by atoms with van der Waals surface area (Å²) in [5.74, 6) is 0.229. The van der Waals surface area contributed by atoms with E-state index >= 15 is 0 Å². The van der Waals surface area contributed by atoms with E-state index in [2.05, 4.69) is 18.2 Å². The minimum Gasteiger partial charge on any atom is -0.198 e. The van der Waals surface area contributed by atoms with Crippen LogP contribution in [0.1, 0.15) is 11.1 Å². The second kappa shape index (κ2) is 2.39. The average Bonchev–Trinajstić information content (AvgIpc) is 2.46. The predicted molar refractivity (Wildman–Crippen MR) is 43.0 cm³/mol. The third kappa shape index (κ3) is 1.01. The van der Waals surface area contributed by atoms with Crippen molar-refractivity contribution in [1.82, 2.24) is 0 Å². The van der Waals surface area contributed by atoms with Gasteiger partial charge in [-0.15, -0.1) is 0 Å². The Balaban J connectivity index is 2.35. The maximum absolute atomic E-state index is 8.69. The van der Waals surface area contributed by atoms with Gasteiger partial charge in [-0.1, -0.05) is 24.3 Å². The lowest BCUT2D eigenvalue weighted by Crippen LogP contribution is -1.92. The zero-order valence-electron chi connectivity index (χ0n) is 6.25. The first-order chi connectivity index (χ1) is 5.40. The summed E-state index contributed by atoms with van der Waals surface area (Å²) < 4.78 is 0. The molecule has 1 aromatic carbocycles. The van der Waals surface area contributed by atoms with Gasteiger partial charge in [0.25, 0.3) is 0 Å². The van der Waals surface area contributed by atoms with Crippen molar-refractivity contribution >= 4 is 0 Å². The van der Waals surface area contributed by atoms with Gasteiger partial charge in [0.1, 0.15) is 0 Å². The van der Waals surface area contributed by atoms with Crippen LogP contribution in [-0.4, -0.2) is 0 Å². The number of nitrogens with zero attached hydrogens (tertiary/aromatic N) is 1. The normalized spacial score (nSPS) is 15.9. The number of fused-ring (bicyclic) bond motifs is 1. The Hall–Kier alpha value is -1.29. The summed E-state index contributed by atoms with van der Waals surface area (Å²) in [4.78, 5) is 0. The monoisotopic (exact) mass is 143 g/mol. The third-order valence-electron chi connectivity index (χ3n) is 2.23. The van der Waals surface area contributed by atoms with E-state index in [1.165, 1.54) is 11.1 Å². The van der Waals surface area contributed by atoms with Crippen LogP contribution in [0.5, 0.6) is 0 Å². The molecule has 2 rings (SSSR count). The lowest BCUT2D eigenvalue weighted by Gasteiger charge is -1.92. The molecule has 0 saturated heterocycles. The van der Waals surface area contributed by atoms with Gasteiger partial charge in [-0.2, -0.15) is 5.26 Å². The Morgan fingerprint density at radius 2 is 1.73 bits per heavy atom. The quantitative estimate of drug-likeness (QED) is 0.544. The molecular formula is C10H9N. The van der Waals surface area contributed by atoms with Crippen LogP contribution in [0.2, 0.25) is 0 Å². The molecule has 1 aliphatic rings. The van der Waals surface area contributed by atoms with Crippen LogP contribution in [0, 0.1) is 17.2 Å². The molecule has 0 heterocycles. The molecule has 0 aliphatic heterocycles. The smallest absolute Gasteiger partial charge is 0.0662 e. The van der Waals surface area contributed by atoms with Gasteiger partial charge in [-0.25, -0.2) is 0 Å². The van der Waals surface area contributed by atoms with E-state index < -0.39 is 0 Å². The van der Waals surface area contributed by atoms with Gasteiger partial charge < -0.3 is 0 Å². The van der Waals surface area contributed by atoms with Gasteiger partial charge >= 0.3 is 0 Å². The van der Waals surface area contributed by atoms with E-state index in [1.807, 2.05) is 12.1 Å². The molecule has 0 fully saturated rings. The standard InChI is InChI=1S/C10H9N/c11-7-8-5-9-3-1-2-4-10(9)6-8/h1-4,8H,5-6H2. The van der Waals surface area contributed by atoms with E-state index in [9.17, 15) is 0 Å². The van der Waals surface area contributed by atoms with E-state index in [-0.39, 0.29) is 5.92 Å². The van der Waals surface area contributed by atoms with E-state index in [0.717, 1.165) is 12.8 Å². The predicted octanol–water partition coefficient (Wildman–Crippen LogP) is 1.92. The Morgan fingerprint density at radius 3 is 2.18 bits per heavy atom. The van der Waals surface area contributed by atoms with Gasteiger partial charge in [0, 0.05) is 0 Å². The Labute approximate surface area is 66.3 Å². The van der Waals surface area contributed by atoms with Gasteiger partial charge in [0.15, 0.2) is 0 Å². The zero-order chi connectivity index (χ0) is 7.68. The summed E-state index contributed by atoms with van der Waals surface area (Å²) in [5, 5.41) is 8.69. The molecule has 0 unspecified atom stereocenters. The van der Waals surface area contributed by atoms with E-state index in [0.29, 0.717) is 0 Å². The van der Waals surface area contributed by atoms with Crippen LogP contribution in [0.15, 0.2) is 24.3 Å². The Kier molecular flexibility index (Phi) is 1.40. The Morgan fingerprint density at radius 1 is 1.18 bits per heavy atom. The van der Waals surface area contributed by atoms with Crippen LogP contribution in [0.3, 0.4) is 0 Å². The summed E-state index contributed by atoms with van der Waals surface area (Å²) in [7, 11) is 0. The fourth-order valence-corrected chi connectivity index (χ4v) is 1.65. The van der Waals surface area contributed by atoms with Crippen LogP contribution in [0.25, 0.3) is 0 Å². The lowest BCUT2D eigenvalue weighted by atomic mass is 10.1. The fourth-order valence-electron chi connectivity index (χ4n) is 1.65. The first kappa shape index (κ1) is 6.42.